The molecular formula is C16H26N2S. The normalized spacial score (nSPS) is 24.2. The predicted octanol–water partition coefficient (Wildman–Crippen LogP) is 3.68. The van der Waals surface area contributed by atoms with Crippen LogP contribution in [0.15, 0.2) is 6.07 Å². The van der Waals surface area contributed by atoms with Gasteiger partial charge in [-0.25, -0.2) is 0 Å². The summed E-state index contributed by atoms with van der Waals surface area (Å²) in [5.41, 5.74) is 1.57. The first kappa shape index (κ1) is 13.6. The lowest BCUT2D eigenvalue weighted by Gasteiger charge is -2.23. The van der Waals surface area contributed by atoms with E-state index in [1.807, 2.05) is 11.3 Å². The molecule has 1 N–H and O–H groups in total. The third kappa shape index (κ3) is 3.39. The van der Waals surface area contributed by atoms with Gasteiger partial charge in [0.15, 0.2) is 0 Å². The average molecular weight is 278 g/mol. The Hall–Kier alpha value is -0.380. The first-order valence-corrected chi connectivity index (χ1v) is 8.63. The molecule has 1 aromatic heterocycles. The van der Waals surface area contributed by atoms with Gasteiger partial charge in [0, 0.05) is 34.9 Å². The number of hydrogen-bond donors (Lipinski definition) is 1. The third-order valence-electron chi connectivity index (χ3n) is 4.56. The fourth-order valence-electron chi connectivity index (χ4n) is 3.15. The van der Waals surface area contributed by atoms with Crippen LogP contribution in [0.2, 0.25) is 0 Å². The smallest absolute Gasteiger partial charge is 0.0302 e. The summed E-state index contributed by atoms with van der Waals surface area (Å²) in [5.74, 6) is 0. The summed E-state index contributed by atoms with van der Waals surface area (Å²) in [6, 6.07) is 4.08. The van der Waals surface area contributed by atoms with Gasteiger partial charge in [-0.05, 0) is 57.2 Å². The van der Waals surface area contributed by atoms with E-state index in [1.54, 1.807) is 5.56 Å². The molecule has 2 aliphatic rings. The molecule has 1 aliphatic heterocycles. The molecule has 1 atom stereocenters. The van der Waals surface area contributed by atoms with Crippen molar-refractivity contribution in [1.29, 1.82) is 0 Å². The molecule has 1 saturated heterocycles. The second-order valence-electron chi connectivity index (χ2n) is 6.12. The summed E-state index contributed by atoms with van der Waals surface area (Å²) in [6.07, 6.45) is 6.85. The van der Waals surface area contributed by atoms with Crippen molar-refractivity contribution in [3.8, 4) is 0 Å². The summed E-state index contributed by atoms with van der Waals surface area (Å²) >= 11 is 1.99. The minimum Gasteiger partial charge on any atom is -0.309 e. The molecule has 0 bridgehead atoms. The summed E-state index contributed by atoms with van der Waals surface area (Å²) < 4.78 is 0. The van der Waals surface area contributed by atoms with Gasteiger partial charge >= 0.3 is 0 Å². The fraction of sp³-hybridized carbons (Fsp3) is 0.750. The number of rotatable bonds is 6. The van der Waals surface area contributed by atoms with Crippen LogP contribution < -0.4 is 5.32 Å². The Kier molecular flexibility index (Phi) is 4.25. The van der Waals surface area contributed by atoms with E-state index in [1.165, 1.54) is 54.9 Å². The van der Waals surface area contributed by atoms with E-state index in [4.69, 9.17) is 0 Å². The molecule has 106 valence electrons. The maximum atomic E-state index is 3.62. The lowest BCUT2D eigenvalue weighted by Crippen LogP contribution is -2.28. The van der Waals surface area contributed by atoms with Gasteiger partial charge in [0.05, 0.1) is 0 Å². The third-order valence-corrected chi connectivity index (χ3v) is 5.65. The number of aryl methyl sites for hydroxylation is 1. The van der Waals surface area contributed by atoms with Gasteiger partial charge in [-0.2, -0.15) is 0 Å². The van der Waals surface area contributed by atoms with Crippen LogP contribution in [-0.2, 0) is 13.1 Å². The number of hydrogen-bond acceptors (Lipinski definition) is 3. The van der Waals surface area contributed by atoms with Crippen LogP contribution >= 0.6 is 11.3 Å². The van der Waals surface area contributed by atoms with Gasteiger partial charge in [0.25, 0.3) is 0 Å². The summed E-state index contributed by atoms with van der Waals surface area (Å²) in [6.45, 7) is 8.16. The van der Waals surface area contributed by atoms with Gasteiger partial charge in [-0.15, -0.1) is 11.3 Å². The summed E-state index contributed by atoms with van der Waals surface area (Å²) in [5, 5.41) is 3.62. The van der Waals surface area contributed by atoms with Gasteiger partial charge in [0.1, 0.15) is 0 Å². The van der Waals surface area contributed by atoms with Crippen molar-refractivity contribution < 1.29 is 0 Å². The highest BCUT2D eigenvalue weighted by Gasteiger charge is 2.24. The molecule has 2 heterocycles. The van der Waals surface area contributed by atoms with E-state index >= 15 is 0 Å². The van der Waals surface area contributed by atoms with Crippen LogP contribution in [0.5, 0.6) is 0 Å². The average Bonchev–Trinajstić information content (AvgIpc) is 3.02. The SMILES string of the molecule is CCC1CCCN1Cc1cc(CNC2CC2)sc1C. The highest BCUT2D eigenvalue weighted by molar-refractivity contribution is 7.12. The Morgan fingerprint density at radius 3 is 2.95 bits per heavy atom. The molecule has 1 unspecified atom stereocenters. The molecule has 0 amide bonds. The molecule has 1 saturated carbocycles. The van der Waals surface area contributed by atoms with Gasteiger partial charge in [-0.3, -0.25) is 4.90 Å². The lowest BCUT2D eigenvalue weighted by atomic mass is 10.1. The van der Waals surface area contributed by atoms with Gasteiger partial charge in [-0.1, -0.05) is 6.92 Å². The largest absolute Gasteiger partial charge is 0.309 e. The molecule has 1 aromatic rings. The first-order valence-electron chi connectivity index (χ1n) is 7.82. The second-order valence-corrected chi connectivity index (χ2v) is 7.46. The Balaban J connectivity index is 1.59. The zero-order chi connectivity index (χ0) is 13.2. The standard InChI is InChI=1S/C16H26N2S/c1-3-15-5-4-8-18(15)11-13-9-16(19-12(13)2)10-17-14-6-7-14/h9,14-15,17H,3-8,10-11H2,1-2H3. The highest BCUT2D eigenvalue weighted by atomic mass is 32.1. The minimum atomic E-state index is 0.814. The zero-order valence-electron chi connectivity index (χ0n) is 12.2. The molecule has 0 spiro atoms. The second kappa shape index (κ2) is 5.94. The van der Waals surface area contributed by atoms with Crippen LogP contribution in [0.25, 0.3) is 0 Å². The quantitative estimate of drug-likeness (QED) is 0.854. The monoisotopic (exact) mass is 278 g/mol. The van der Waals surface area contributed by atoms with Crippen LogP contribution in [0.3, 0.4) is 0 Å². The molecule has 3 rings (SSSR count). The molecule has 1 aliphatic carbocycles. The number of likely N-dealkylation sites (tertiary alicyclic amines) is 1. The molecule has 2 nitrogen and oxygen atoms in total. The number of thiophene rings is 1. The predicted molar refractivity (Wildman–Crippen MR) is 82.6 cm³/mol. The van der Waals surface area contributed by atoms with Gasteiger partial charge in [0.2, 0.25) is 0 Å². The maximum Gasteiger partial charge on any atom is 0.0302 e. The lowest BCUT2D eigenvalue weighted by molar-refractivity contribution is 0.240. The first-order chi connectivity index (χ1) is 9.26. The van der Waals surface area contributed by atoms with Crippen molar-refractivity contribution in [2.75, 3.05) is 6.54 Å². The Morgan fingerprint density at radius 1 is 1.37 bits per heavy atom. The Labute approximate surface area is 121 Å². The van der Waals surface area contributed by atoms with Gasteiger partial charge < -0.3 is 5.32 Å². The number of nitrogens with zero attached hydrogens (tertiary/aromatic N) is 1. The molecular weight excluding hydrogens is 252 g/mol. The highest BCUT2D eigenvalue weighted by Crippen LogP contribution is 2.28. The van der Waals surface area contributed by atoms with Crippen LogP contribution in [0.1, 0.15) is 54.3 Å². The van der Waals surface area contributed by atoms with E-state index in [-0.39, 0.29) is 0 Å². The van der Waals surface area contributed by atoms with E-state index in [0.717, 1.165) is 18.6 Å². The topological polar surface area (TPSA) is 15.3 Å². The van der Waals surface area contributed by atoms with Crippen molar-refractivity contribution in [2.45, 2.75) is 71.1 Å². The van der Waals surface area contributed by atoms with E-state index in [0.29, 0.717) is 0 Å². The summed E-state index contributed by atoms with van der Waals surface area (Å²) in [4.78, 5) is 5.73. The van der Waals surface area contributed by atoms with E-state index in [2.05, 4.69) is 30.1 Å². The minimum absolute atomic E-state index is 0.814. The van der Waals surface area contributed by atoms with Crippen LogP contribution in [-0.4, -0.2) is 23.5 Å². The van der Waals surface area contributed by atoms with Crippen LogP contribution in [0.4, 0.5) is 0 Å². The number of nitrogens with one attached hydrogen (secondary N) is 1. The van der Waals surface area contributed by atoms with Crippen molar-refractivity contribution in [3.63, 3.8) is 0 Å². The Morgan fingerprint density at radius 2 is 2.21 bits per heavy atom. The van der Waals surface area contributed by atoms with Crippen molar-refractivity contribution >= 4 is 11.3 Å². The van der Waals surface area contributed by atoms with E-state index in [9.17, 15) is 0 Å². The maximum absolute atomic E-state index is 3.62. The zero-order valence-corrected chi connectivity index (χ0v) is 13.1. The molecule has 0 aromatic carbocycles. The van der Waals surface area contributed by atoms with Crippen LogP contribution in [0, 0.1) is 6.92 Å². The fourth-order valence-corrected chi connectivity index (χ4v) is 4.15. The molecule has 3 heteroatoms. The molecule has 19 heavy (non-hydrogen) atoms. The van der Waals surface area contributed by atoms with Crippen molar-refractivity contribution in [1.82, 2.24) is 10.2 Å². The molecule has 0 radical (unpaired) electrons. The molecule has 2 fully saturated rings. The summed E-state index contributed by atoms with van der Waals surface area (Å²) in [7, 11) is 0. The Bertz CT molecular complexity index is 422. The van der Waals surface area contributed by atoms with Crippen molar-refractivity contribution in [3.05, 3.63) is 21.4 Å². The van der Waals surface area contributed by atoms with Crippen molar-refractivity contribution in [2.24, 2.45) is 0 Å². The van der Waals surface area contributed by atoms with E-state index < -0.39 is 0 Å².